The Morgan fingerprint density at radius 1 is 1.04 bits per heavy atom. The molecule has 1 atom stereocenters. The average Bonchev–Trinajstić information content (AvgIpc) is 3.10. The van der Waals surface area contributed by atoms with Crippen LogP contribution in [-0.2, 0) is 0 Å². The van der Waals surface area contributed by atoms with Gasteiger partial charge in [-0.05, 0) is 48.2 Å². The van der Waals surface area contributed by atoms with Gasteiger partial charge in [-0.1, -0.05) is 0 Å². The molecule has 122 valence electrons. The molecule has 1 saturated heterocycles. The molecule has 1 fully saturated rings. The van der Waals surface area contributed by atoms with Gasteiger partial charge in [0.15, 0.2) is 5.82 Å². The highest BCUT2D eigenvalue weighted by atomic mass is 79.9. The molecule has 23 heavy (non-hydrogen) atoms. The Kier molecular flexibility index (Phi) is 5.64. The number of nitrogens with zero attached hydrogens (tertiary/aromatic N) is 3. The van der Waals surface area contributed by atoms with Crippen molar-refractivity contribution in [2.24, 2.45) is 5.92 Å². The summed E-state index contributed by atoms with van der Waals surface area (Å²) in [6.45, 7) is 2.97. The second-order valence-corrected chi connectivity index (χ2v) is 5.53. The quantitative estimate of drug-likeness (QED) is 0.750. The Bertz CT molecular complexity index is 688. The van der Waals surface area contributed by atoms with Crippen molar-refractivity contribution in [2.75, 3.05) is 24.5 Å². The SMILES string of the molecule is Br.Br.Oc1ccc(-c2ccc(N3CC4=CNCC4C3)nn2)cc1. The van der Waals surface area contributed by atoms with Crippen LogP contribution in [0.5, 0.6) is 5.75 Å². The predicted octanol–water partition coefficient (Wildman–Crippen LogP) is 2.93. The number of phenolic OH excluding ortho intramolecular Hbond substituents is 1. The summed E-state index contributed by atoms with van der Waals surface area (Å²) < 4.78 is 0. The summed E-state index contributed by atoms with van der Waals surface area (Å²) in [7, 11) is 0. The average molecular weight is 442 g/mol. The zero-order chi connectivity index (χ0) is 14.2. The predicted molar refractivity (Wildman–Crippen MR) is 102 cm³/mol. The van der Waals surface area contributed by atoms with Gasteiger partial charge >= 0.3 is 0 Å². The molecule has 0 radical (unpaired) electrons. The molecule has 4 rings (SSSR count). The van der Waals surface area contributed by atoms with Crippen LogP contribution in [0.2, 0.25) is 0 Å². The molecule has 2 N–H and O–H groups in total. The molecule has 0 aliphatic carbocycles. The highest BCUT2D eigenvalue weighted by Crippen LogP contribution is 2.29. The minimum atomic E-state index is 0. The lowest BCUT2D eigenvalue weighted by atomic mass is 10.1. The van der Waals surface area contributed by atoms with Gasteiger partial charge in [0.2, 0.25) is 0 Å². The van der Waals surface area contributed by atoms with E-state index in [-0.39, 0.29) is 39.7 Å². The van der Waals surface area contributed by atoms with Crippen LogP contribution in [0.3, 0.4) is 0 Å². The topological polar surface area (TPSA) is 61.3 Å². The van der Waals surface area contributed by atoms with Crippen molar-refractivity contribution in [3.8, 4) is 17.0 Å². The number of benzene rings is 1. The number of aromatic hydroxyl groups is 1. The summed E-state index contributed by atoms with van der Waals surface area (Å²) in [6, 6.07) is 11.0. The van der Waals surface area contributed by atoms with E-state index in [1.165, 1.54) is 5.57 Å². The summed E-state index contributed by atoms with van der Waals surface area (Å²) in [5, 5.41) is 21.3. The summed E-state index contributed by atoms with van der Waals surface area (Å²) in [5.74, 6) is 1.80. The molecular formula is C16H18Br2N4O. The van der Waals surface area contributed by atoms with Crippen LogP contribution in [0.1, 0.15) is 0 Å². The van der Waals surface area contributed by atoms with Crippen LogP contribution in [0.25, 0.3) is 11.3 Å². The van der Waals surface area contributed by atoms with Crippen LogP contribution in [0.15, 0.2) is 48.2 Å². The smallest absolute Gasteiger partial charge is 0.151 e. The molecule has 0 saturated carbocycles. The molecular weight excluding hydrogens is 424 g/mol. The first-order valence-corrected chi connectivity index (χ1v) is 7.10. The maximum absolute atomic E-state index is 9.32. The monoisotopic (exact) mass is 440 g/mol. The molecule has 5 nitrogen and oxygen atoms in total. The van der Waals surface area contributed by atoms with Crippen molar-refractivity contribution >= 4 is 39.8 Å². The third-order valence-electron chi connectivity index (χ3n) is 4.13. The van der Waals surface area contributed by atoms with Gasteiger partial charge in [-0.25, -0.2) is 0 Å². The molecule has 1 aromatic carbocycles. The number of hydrogen-bond donors (Lipinski definition) is 2. The van der Waals surface area contributed by atoms with Crippen molar-refractivity contribution in [3.63, 3.8) is 0 Å². The van der Waals surface area contributed by atoms with Crippen molar-refractivity contribution < 1.29 is 5.11 Å². The third-order valence-corrected chi connectivity index (χ3v) is 4.13. The number of nitrogens with one attached hydrogen (secondary N) is 1. The summed E-state index contributed by atoms with van der Waals surface area (Å²) >= 11 is 0. The third kappa shape index (κ3) is 3.50. The normalized spacial score (nSPS) is 18.3. The number of phenols is 1. The summed E-state index contributed by atoms with van der Waals surface area (Å²) in [6.07, 6.45) is 2.13. The lowest BCUT2D eigenvalue weighted by Crippen LogP contribution is -2.24. The Balaban J connectivity index is 0.000000960. The van der Waals surface area contributed by atoms with Gasteiger partial charge in [-0.3, -0.25) is 0 Å². The Labute approximate surface area is 156 Å². The molecule has 2 aliphatic heterocycles. The fourth-order valence-corrected chi connectivity index (χ4v) is 2.94. The number of rotatable bonds is 2. The van der Waals surface area contributed by atoms with Gasteiger partial charge in [-0.15, -0.1) is 44.2 Å². The molecule has 2 aliphatic rings. The highest BCUT2D eigenvalue weighted by Gasteiger charge is 2.30. The molecule has 0 spiro atoms. The van der Waals surface area contributed by atoms with E-state index in [4.69, 9.17) is 0 Å². The first kappa shape index (κ1) is 17.7. The van der Waals surface area contributed by atoms with E-state index in [1.807, 2.05) is 24.3 Å². The van der Waals surface area contributed by atoms with Crippen molar-refractivity contribution in [3.05, 3.63) is 48.2 Å². The summed E-state index contributed by atoms with van der Waals surface area (Å²) in [4.78, 5) is 2.27. The second-order valence-electron chi connectivity index (χ2n) is 5.53. The number of halogens is 2. The number of anilines is 1. The van der Waals surface area contributed by atoms with Crippen LogP contribution in [0, 0.1) is 5.92 Å². The van der Waals surface area contributed by atoms with E-state index >= 15 is 0 Å². The standard InChI is InChI=1S/C16H16N4O.2BrH/c21-14-3-1-11(2-4-14)15-5-6-16(19-18-15)20-9-12-7-17-8-13(12)10-20;;/h1-7,13,17,21H,8-10H2;2*1H. The van der Waals surface area contributed by atoms with E-state index in [2.05, 4.69) is 26.6 Å². The fourth-order valence-electron chi connectivity index (χ4n) is 2.94. The van der Waals surface area contributed by atoms with E-state index < -0.39 is 0 Å². The van der Waals surface area contributed by atoms with Crippen LogP contribution in [-0.4, -0.2) is 34.9 Å². The van der Waals surface area contributed by atoms with Crippen molar-refractivity contribution in [1.82, 2.24) is 15.5 Å². The van der Waals surface area contributed by atoms with Gasteiger partial charge in [-0.2, -0.15) is 0 Å². The van der Waals surface area contributed by atoms with Crippen molar-refractivity contribution in [1.29, 1.82) is 0 Å². The van der Waals surface area contributed by atoms with Gasteiger partial charge in [0, 0.05) is 31.1 Å². The lowest BCUT2D eigenvalue weighted by Gasteiger charge is -2.16. The zero-order valence-corrected chi connectivity index (χ0v) is 15.8. The van der Waals surface area contributed by atoms with E-state index in [1.54, 1.807) is 12.1 Å². The molecule has 7 heteroatoms. The second kappa shape index (κ2) is 7.31. The molecule has 1 aromatic heterocycles. The molecule has 1 unspecified atom stereocenters. The van der Waals surface area contributed by atoms with Crippen molar-refractivity contribution in [2.45, 2.75) is 0 Å². The molecule has 0 bridgehead atoms. The molecule has 3 heterocycles. The number of aromatic nitrogens is 2. The van der Waals surface area contributed by atoms with Gasteiger partial charge in [0.05, 0.1) is 5.69 Å². The Morgan fingerprint density at radius 3 is 2.48 bits per heavy atom. The summed E-state index contributed by atoms with van der Waals surface area (Å²) in [5.41, 5.74) is 3.23. The first-order valence-electron chi connectivity index (χ1n) is 7.10. The number of fused-ring (bicyclic) bond motifs is 1. The Morgan fingerprint density at radius 2 is 1.83 bits per heavy atom. The van der Waals surface area contributed by atoms with E-state index in [0.29, 0.717) is 5.92 Å². The number of hydrogen-bond acceptors (Lipinski definition) is 5. The zero-order valence-electron chi connectivity index (χ0n) is 12.3. The minimum Gasteiger partial charge on any atom is -0.508 e. The minimum absolute atomic E-state index is 0. The lowest BCUT2D eigenvalue weighted by molar-refractivity contribution is 0.475. The maximum atomic E-state index is 9.32. The largest absolute Gasteiger partial charge is 0.508 e. The fraction of sp³-hybridized carbons (Fsp3) is 0.250. The van der Waals surface area contributed by atoms with E-state index in [0.717, 1.165) is 36.7 Å². The van der Waals surface area contributed by atoms with E-state index in [9.17, 15) is 5.11 Å². The molecule has 0 amide bonds. The molecule has 2 aromatic rings. The van der Waals surface area contributed by atoms with Crippen LogP contribution in [0.4, 0.5) is 5.82 Å². The van der Waals surface area contributed by atoms with Crippen LogP contribution >= 0.6 is 34.0 Å². The Hall–Kier alpha value is -1.60. The first-order chi connectivity index (χ1) is 10.3. The maximum Gasteiger partial charge on any atom is 0.151 e. The van der Waals surface area contributed by atoms with Gasteiger partial charge < -0.3 is 15.3 Å². The van der Waals surface area contributed by atoms with Crippen LogP contribution < -0.4 is 10.2 Å². The highest BCUT2D eigenvalue weighted by molar-refractivity contribution is 8.93. The van der Waals surface area contributed by atoms with Gasteiger partial charge in [0.1, 0.15) is 5.75 Å². The van der Waals surface area contributed by atoms with Gasteiger partial charge in [0.25, 0.3) is 0 Å².